The fourth-order valence-electron chi connectivity index (χ4n) is 3.28. The van der Waals surface area contributed by atoms with Gasteiger partial charge in [-0.2, -0.15) is 0 Å². The monoisotopic (exact) mass is 383 g/mol. The second-order valence-corrected chi connectivity index (χ2v) is 6.76. The molecule has 0 aliphatic carbocycles. The zero-order chi connectivity index (χ0) is 19.9. The summed E-state index contributed by atoms with van der Waals surface area (Å²) in [6, 6.07) is 14.7. The normalized spacial score (nSPS) is 13.2. The second kappa shape index (κ2) is 9.23. The number of primary amides is 1. The largest absolute Gasteiger partial charge is 0.492 e. The lowest BCUT2D eigenvalue weighted by Crippen LogP contribution is -2.38. The van der Waals surface area contributed by atoms with E-state index < -0.39 is 6.03 Å². The number of benzene rings is 2. The van der Waals surface area contributed by atoms with Gasteiger partial charge in [-0.25, -0.2) is 9.86 Å². The molecule has 7 nitrogen and oxygen atoms in total. The summed E-state index contributed by atoms with van der Waals surface area (Å²) in [6.07, 6.45) is 2.68. The number of hydrogen-bond donors (Lipinski definition) is 2. The second-order valence-electron chi connectivity index (χ2n) is 6.76. The van der Waals surface area contributed by atoms with E-state index in [1.54, 1.807) is 12.1 Å². The zero-order valence-corrected chi connectivity index (χ0v) is 15.7. The number of nitrogens with zero attached hydrogens (tertiary/aromatic N) is 2. The summed E-state index contributed by atoms with van der Waals surface area (Å²) in [4.78, 5) is 25.5. The SMILES string of the molecule is NC(=O)N(O)CCOc1ccc2c(c1)C(=O)N(CCCc1ccccc1)CC2. The molecule has 1 aliphatic rings. The molecule has 1 aliphatic heterocycles. The van der Waals surface area contributed by atoms with Crippen molar-refractivity contribution in [3.63, 3.8) is 0 Å². The number of urea groups is 1. The molecule has 0 aromatic heterocycles. The Labute approximate surface area is 164 Å². The van der Waals surface area contributed by atoms with Crippen molar-refractivity contribution in [3.8, 4) is 5.75 Å². The number of nitrogens with two attached hydrogens (primary N) is 1. The summed E-state index contributed by atoms with van der Waals surface area (Å²) in [5.41, 5.74) is 7.89. The average molecular weight is 383 g/mol. The maximum atomic E-state index is 12.8. The van der Waals surface area contributed by atoms with Gasteiger partial charge in [-0.3, -0.25) is 10.0 Å². The van der Waals surface area contributed by atoms with Crippen molar-refractivity contribution < 1.29 is 19.5 Å². The Morgan fingerprint density at radius 2 is 2.00 bits per heavy atom. The molecule has 7 heteroatoms. The summed E-state index contributed by atoms with van der Waals surface area (Å²) in [6.45, 7) is 1.47. The van der Waals surface area contributed by atoms with Gasteiger partial charge in [0.1, 0.15) is 12.4 Å². The van der Waals surface area contributed by atoms with E-state index >= 15 is 0 Å². The summed E-state index contributed by atoms with van der Waals surface area (Å²) in [5, 5.41) is 9.64. The molecule has 3 rings (SSSR count). The van der Waals surface area contributed by atoms with Crippen LogP contribution in [0, 0.1) is 0 Å². The summed E-state index contributed by atoms with van der Waals surface area (Å²) in [7, 11) is 0. The third-order valence-corrected chi connectivity index (χ3v) is 4.81. The Hall–Kier alpha value is -3.06. The summed E-state index contributed by atoms with van der Waals surface area (Å²) < 4.78 is 5.54. The molecule has 148 valence electrons. The number of aryl methyl sites for hydroxylation is 1. The average Bonchev–Trinajstić information content (AvgIpc) is 2.70. The number of hydrogen-bond acceptors (Lipinski definition) is 4. The third-order valence-electron chi connectivity index (χ3n) is 4.81. The Morgan fingerprint density at radius 1 is 1.21 bits per heavy atom. The highest BCUT2D eigenvalue weighted by Crippen LogP contribution is 2.24. The van der Waals surface area contributed by atoms with E-state index in [0.29, 0.717) is 16.4 Å². The van der Waals surface area contributed by atoms with Crippen LogP contribution in [0.2, 0.25) is 0 Å². The van der Waals surface area contributed by atoms with Crippen LogP contribution in [0.15, 0.2) is 48.5 Å². The molecule has 0 spiro atoms. The van der Waals surface area contributed by atoms with Gasteiger partial charge in [0.25, 0.3) is 5.91 Å². The van der Waals surface area contributed by atoms with Crippen LogP contribution in [0.5, 0.6) is 5.75 Å². The van der Waals surface area contributed by atoms with Gasteiger partial charge in [0.15, 0.2) is 0 Å². The van der Waals surface area contributed by atoms with Crippen LogP contribution in [-0.2, 0) is 12.8 Å². The zero-order valence-electron chi connectivity index (χ0n) is 15.7. The molecule has 1 heterocycles. The fourth-order valence-corrected chi connectivity index (χ4v) is 3.28. The predicted octanol–water partition coefficient (Wildman–Crippen LogP) is 2.47. The highest BCUT2D eigenvalue weighted by molar-refractivity contribution is 5.97. The van der Waals surface area contributed by atoms with E-state index in [-0.39, 0.29) is 19.1 Å². The highest BCUT2D eigenvalue weighted by Gasteiger charge is 2.24. The molecule has 3 N–H and O–H groups in total. The van der Waals surface area contributed by atoms with Gasteiger partial charge in [-0.15, -0.1) is 0 Å². The van der Waals surface area contributed by atoms with E-state index in [1.807, 2.05) is 29.2 Å². The number of hydroxylamine groups is 2. The Bertz CT molecular complexity index is 826. The number of fused-ring (bicyclic) bond motifs is 1. The van der Waals surface area contributed by atoms with Gasteiger partial charge in [0, 0.05) is 18.7 Å². The first kappa shape index (κ1) is 19.7. The van der Waals surface area contributed by atoms with E-state index in [2.05, 4.69) is 12.1 Å². The van der Waals surface area contributed by atoms with Crippen LogP contribution in [0.25, 0.3) is 0 Å². The van der Waals surface area contributed by atoms with Crippen molar-refractivity contribution in [2.24, 2.45) is 5.73 Å². The van der Waals surface area contributed by atoms with Crippen molar-refractivity contribution in [1.29, 1.82) is 0 Å². The predicted molar refractivity (Wildman–Crippen MR) is 104 cm³/mol. The lowest BCUT2D eigenvalue weighted by atomic mass is 9.98. The quantitative estimate of drug-likeness (QED) is 0.541. The van der Waals surface area contributed by atoms with Crippen molar-refractivity contribution >= 4 is 11.9 Å². The first-order valence-electron chi connectivity index (χ1n) is 9.39. The van der Waals surface area contributed by atoms with Gasteiger partial charge in [-0.05, 0) is 42.5 Å². The van der Waals surface area contributed by atoms with Crippen LogP contribution in [0.4, 0.5) is 4.79 Å². The molecule has 0 bridgehead atoms. The van der Waals surface area contributed by atoms with Gasteiger partial charge in [0.2, 0.25) is 0 Å². The third kappa shape index (κ3) is 5.01. The number of carbonyl (C=O) groups is 2. The Balaban J connectivity index is 1.55. The molecule has 0 radical (unpaired) electrons. The van der Waals surface area contributed by atoms with Crippen LogP contribution in [0.3, 0.4) is 0 Å². The number of amides is 3. The van der Waals surface area contributed by atoms with Gasteiger partial charge in [0.05, 0.1) is 6.54 Å². The summed E-state index contributed by atoms with van der Waals surface area (Å²) in [5.74, 6) is 0.539. The maximum Gasteiger partial charge on any atom is 0.338 e. The van der Waals surface area contributed by atoms with E-state index in [0.717, 1.165) is 37.9 Å². The maximum absolute atomic E-state index is 12.8. The molecule has 28 heavy (non-hydrogen) atoms. The molecular weight excluding hydrogens is 358 g/mol. The van der Waals surface area contributed by atoms with Crippen molar-refractivity contribution in [2.75, 3.05) is 26.2 Å². The van der Waals surface area contributed by atoms with Crippen LogP contribution in [0.1, 0.15) is 27.9 Å². The van der Waals surface area contributed by atoms with E-state index in [1.165, 1.54) is 5.56 Å². The van der Waals surface area contributed by atoms with Crippen LogP contribution < -0.4 is 10.5 Å². The lowest BCUT2D eigenvalue weighted by Gasteiger charge is -2.29. The molecule has 0 atom stereocenters. The molecule has 0 saturated carbocycles. The smallest absolute Gasteiger partial charge is 0.338 e. The first-order valence-corrected chi connectivity index (χ1v) is 9.39. The van der Waals surface area contributed by atoms with Crippen molar-refractivity contribution in [1.82, 2.24) is 9.96 Å². The van der Waals surface area contributed by atoms with Crippen molar-refractivity contribution in [3.05, 3.63) is 65.2 Å². The Morgan fingerprint density at radius 3 is 2.75 bits per heavy atom. The molecule has 3 amide bonds. The number of ether oxygens (including phenoxy) is 1. The van der Waals surface area contributed by atoms with E-state index in [4.69, 9.17) is 10.5 Å². The van der Waals surface area contributed by atoms with Crippen molar-refractivity contribution in [2.45, 2.75) is 19.3 Å². The lowest BCUT2D eigenvalue weighted by molar-refractivity contribution is -0.0464. The standard InChI is InChI=1S/C21H25N3O4/c22-21(26)24(27)13-14-28-18-9-8-17-10-12-23(20(25)19(17)15-18)11-4-7-16-5-2-1-3-6-16/h1-3,5-6,8-9,15,27H,4,7,10-14H2,(H2,22,26). The molecule has 2 aromatic carbocycles. The van der Waals surface area contributed by atoms with Crippen LogP contribution >= 0.6 is 0 Å². The van der Waals surface area contributed by atoms with Gasteiger partial charge < -0.3 is 15.4 Å². The molecule has 2 aromatic rings. The summed E-state index contributed by atoms with van der Waals surface area (Å²) >= 11 is 0. The first-order chi connectivity index (χ1) is 13.5. The minimum absolute atomic E-state index is 0.0145. The van der Waals surface area contributed by atoms with Gasteiger partial charge >= 0.3 is 6.03 Å². The molecular formula is C21H25N3O4. The minimum Gasteiger partial charge on any atom is -0.492 e. The highest BCUT2D eigenvalue weighted by atomic mass is 16.5. The Kier molecular flexibility index (Phi) is 6.49. The number of rotatable bonds is 8. The topological polar surface area (TPSA) is 96.1 Å². The molecule has 0 fully saturated rings. The number of carbonyl (C=O) groups excluding carboxylic acids is 2. The van der Waals surface area contributed by atoms with Crippen LogP contribution in [-0.4, -0.2) is 53.3 Å². The van der Waals surface area contributed by atoms with E-state index in [9.17, 15) is 14.8 Å². The molecule has 0 unspecified atom stereocenters. The minimum atomic E-state index is -0.935. The molecule has 0 saturated heterocycles. The fraction of sp³-hybridized carbons (Fsp3) is 0.333. The van der Waals surface area contributed by atoms with Gasteiger partial charge in [-0.1, -0.05) is 36.4 Å².